The molecule has 66 valence electrons. The molecule has 1 atom stereocenters. The lowest BCUT2D eigenvalue weighted by Crippen LogP contribution is -2.29. The van der Waals surface area contributed by atoms with E-state index < -0.39 is 5.97 Å². The average Bonchev–Trinajstić information content (AvgIpc) is 2.04. The molecule has 0 aliphatic carbocycles. The number of carbonyl (C=O) groups is 1. The smallest absolute Gasteiger partial charge is 0.335 e. The fourth-order valence-corrected chi connectivity index (χ4v) is 1.26. The Bertz CT molecular complexity index is 243. The van der Waals surface area contributed by atoms with Crippen molar-refractivity contribution in [1.29, 1.82) is 0 Å². The zero-order chi connectivity index (χ0) is 9.14. The monoisotopic (exact) mass is 167 g/mol. The number of nitrogens with zero attached hydrogens (tertiary/aromatic N) is 1. The number of likely N-dealkylation sites (N-methyl/N-ethyl adjacent to an activating group) is 1. The fourth-order valence-electron chi connectivity index (χ4n) is 1.26. The minimum absolute atomic E-state index is 0.186. The molecule has 1 rings (SSSR count). The van der Waals surface area contributed by atoms with Crippen LogP contribution in [0, 0.1) is 0 Å². The second kappa shape index (κ2) is 3.43. The summed E-state index contributed by atoms with van der Waals surface area (Å²) >= 11 is 0. The minimum Gasteiger partial charge on any atom is -0.478 e. The zero-order valence-corrected chi connectivity index (χ0v) is 7.32. The summed E-state index contributed by atoms with van der Waals surface area (Å²) in [6.45, 7) is 4.93. The molecule has 1 unspecified atom stereocenters. The first kappa shape index (κ1) is 8.84. The third-order valence-corrected chi connectivity index (χ3v) is 2.00. The van der Waals surface area contributed by atoms with Crippen LogP contribution < -0.4 is 0 Å². The first-order valence-electron chi connectivity index (χ1n) is 4.04. The number of carboxylic acid groups (broad SMARTS) is 1. The lowest BCUT2D eigenvalue weighted by molar-refractivity contribution is -0.132. The Morgan fingerprint density at radius 1 is 1.75 bits per heavy atom. The summed E-state index contributed by atoms with van der Waals surface area (Å²) in [5, 5.41) is 8.68. The predicted molar refractivity (Wildman–Crippen MR) is 46.7 cm³/mol. The van der Waals surface area contributed by atoms with Gasteiger partial charge in [-0.2, -0.15) is 0 Å². The molecule has 1 N–H and O–H groups in total. The zero-order valence-electron chi connectivity index (χ0n) is 7.32. The largest absolute Gasteiger partial charge is 0.478 e. The van der Waals surface area contributed by atoms with Crippen molar-refractivity contribution in [1.82, 2.24) is 4.90 Å². The summed E-state index contributed by atoms with van der Waals surface area (Å²) in [6.07, 6.45) is 5.21. The van der Waals surface area contributed by atoms with Crippen LogP contribution in [0.25, 0.3) is 0 Å². The highest BCUT2D eigenvalue weighted by molar-refractivity contribution is 5.90. The molecule has 0 aromatic carbocycles. The van der Waals surface area contributed by atoms with Gasteiger partial charge >= 0.3 is 5.97 Å². The van der Waals surface area contributed by atoms with Gasteiger partial charge in [-0.25, -0.2) is 4.79 Å². The van der Waals surface area contributed by atoms with Crippen LogP contribution in [0.4, 0.5) is 0 Å². The summed E-state index contributed by atoms with van der Waals surface area (Å²) in [7, 11) is 0. The SMILES string of the molecule is CCN1C=CC(C(=O)O)=CC1C. The minimum atomic E-state index is -0.853. The van der Waals surface area contributed by atoms with E-state index in [-0.39, 0.29) is 6.04 Å². The van der Waals surface area contributed by atoms with E-state index in [9.17, 15) is 4.79 Å². The van der Waals surface area contributed by atoms with Crippen LogP contribution in [-0.4, -0.2) is 28.6 Å². The van der Waals surface area contributed by atoms with Gasteiger partial charge in [0.2, 0.25) is 0 Å². The molecule has 0 amide bonds. The Kier molecular flexibility index (Phi) is 2.53. The van der Waals surface area contributed by atoms with E-state index in [0.717, 1.165) is 6.54 Å². The number of hydrogen-bond donors (Lipinski definition) is 1. The van der Waals surface area contributed by atoms with Gasteiger partial charge in [-0.15, -0.1) is 0 Å². The van der Waals surface area contributed by atoms with Crippen LogP contribution in [0.3, 0.4) is 0 Å². The van der Waals surface area contributed by atoms with Crippen molar-refractivity contribution in [2.45, 2.75) is 19.9 Å². The number of carboxylic acids is 1. The second-order valence-corrected chi connectivity index (χ2v) is 2.81. The molecule has 0 spiro atoms. The van der Waals surface area contributed by atoms with Gasteiger partial charge in [-0.1, -0.05) is 0 Å². The van der Waals surface area contributed by atoms with E-state index in [0.29, 0.717) is 5.57 Å². The summed E-state index contributed by atoms with van der Waals surface area (Å²) in [4.78, 5) is 12.6. The van der Waals surface area contributed by atoms with Crippen molar-refractivity contribution in [2.24, 2.45) is 0 Å². The second-order valence-electron chi connectivity index (χ2n) is 2.81. The van der Waals surface area contributed by atoms with Crippen LogP contribution in [-0.2, 0) is 4.79 Å². The standard InChI is InChI=1S/C9H13NO2/c1-3-10-5-4-8(9(11)12)6-7(10)2/h4-7H,3H2,1-2H3,(H,11,12). The van der Waals surface area contributed by atoms with Gasteiger partial charge in [-0.05, 0) is 26.0 Å². The van der Waals surface area contributed by atoms with Crippen LogP contribution in [0.2, 0.25) is 0 Å². The Balaban J connectivity index is 2.75. The highest BCUT2D eigenvalue weighted by Crippen LogP contribution is 2.12. The van der Waals surface area contributed by atoms with Crippen LogP contribution >= 0.6 is 0 Å². The maximum Gasteiger partial charge on any atom is 0.335 e. The molecule has 0 aromatic rings. The Morgan fingerprint density at radius 3 is 2.83 bits per heavy atom. The number of rotatable bonds is 2. The molecular formula is C9H13NO2. The molecule has 1 heterocycles. The van der Waals surface area contributed by atoms with Gasteiger partial charge in [0.25, 0.3) is 0 Å². The Hall–Kier alpha value is -1.25. The third-order valence-electron chi connectivity index (χ3n) is 2.00. The number of aliphatic carboxylic acids is 1. The quantitative estimate of drug-likeness (QED) is 0.672. The Morgan fingerprint density at radius 2 is 2.42 bits per heavy atom. The van der Waals surface area contributed by atoms with E-state index in [2.05, 4.69) is 4.90 Å². The topological polar surface area (TPSA) is 40.5 Å². The lowest BCUT2D eigenvalue weighted by atomic mass is 10.1. The first-order chi connectivity index (χ1) is 5.65. The molecule has 3 heteroatoms. The summed E-state index contributed by atoms with van der Waals surface area (Å²) in [5.74, 6) is -0.853. The van der Waals surface area contributed by atoms with Crippen LogP contribution in [0.1, 0.15) is 13.8 Å². The van der Waals surface area contributed by atoms with Gasteiger partial charge in [0, 0.05) is 18.8 Å². The molecule has 0 bridgehead atoms. The van der Waals surface area contributed by atoms with Crippen molar-refractivity contribution in [3.8, 4) is 0 Å². The predicted octanol–water partition coefficient (Wildman–Crippen LogP) is 1.24. The summed E-state index contributed by atoms with van der Waals surface area (Å²) in [5.41, 5.74) is 0.382. The maximum atomic E-state index is 10.6. The van der Waals surface area contributed by atoms with E-state index in [1.54, 1.807) is 12.2 Å². The van der Waals surface area contributed by atoms with Gasteiger partial charge in [0.05, 0.1) is 5.57 Å². The molecule has 0 aromatic heterocycles. The van der Waals surface area contributed by atoms with Crippen molar-refractivity contribution >= 4 is 5.97 Å². The molecule has 3 nitrogen and oxygen atoms in total. The van der Waals surface area contributed by atoms with Crippen LogP contribution in [0.15, 0.2) is 23.9 Å². The molecule has 1 aliphatic rings. The van der Waals surface area contributed by atoms with Crippen molar-refractivity contribution in [2.75, 3.05) is 6.54 Å². The van der Waals surface area contributed by atoms with Crippen molar-refractivity contribution in [3.05, 3.63) is 23.9 Å². The Labute approximate surface area is 72.0 Å². The number of hydrogen-bond acceptors (Lipinski definition) is 2. The highest BCUT2D eigenvalue weighted by Gasteiger charge is 2.14. The van der Waals surface area contributed by atoms with Gasteiger partial charge in [0.1, 0.15) is 0 Å². The highest BCUT2D eigenvalue weighted by atomic mass is 16.4. The van der Waals surface area contributed by atoms with Gasteiger partial charge in [-0.3, -0.25) is 0 Å². The maximum absolute atomic E-state index is 10.6. The summed E-state index contributed by atoms with van der Waals surface area (Å²) in [6, 6.07) is 0.186. The van der Waals surface area contributed by atoms with Crippen LogP contribution in [0.5, 0.6) is 0 Å². The average molecular weight is 167 g/mol. The third kappa shape index (κ3) is 1.67. The normalized spacial score (nSPS) is 22.3. The summed E-state index contributed by atoms with van der Waals surface area (Å²) < 4.78 is 0. The van der Waals surface area contributed by atoms with Gasteiger partial charge in [0.15, 0.2) is 0 Å². The lowest BCUT2D eigenvalue weighted by Gasteiger charge is -2.26. The molecular weight excluding hydrogens is 154 g/mol. The molecule has 0 saturated carbocycles. The van der Waals surface area contributed by atoms with E-state index in [1.807, 2.05) is 20.0 Å². The molecule has 1 aliphatic heterocycles. The van der Waals surface area contributed by atoms with Crippen molar-refractivity contribution in [3.63, 3.8) is 0 Å². The first-order valence-corrected chi connectivity index (χ1v) is 4.04. The van der Waals surface area contributed by atoms with E-state index >= 15 is 0 Å². The fraction of sp³-hybridized carbons (Fsp3) is 0.444. The van der Waals surface area contributed by atoms with E-state index in [1.165, 1.54) is 0 Å². The molecule has 12 heavy (non-hydrogen) atoms. The van der Waals surface area contributed by atoms with Crippen molar-refractivity contribution < 1.29 is 9.90 Å². The molecule has 0 radical (unpaired) electrons. The molecule has 0 fully saturated rings. The molecule has 0 saturated heterocycles. The van der Waals surface area contributed by atoms with E-state index in [4.69, 9.17) is 5.11 Å². The van der Waals surface area contributed by atoms with Gasteiger partial charge < -0.3 is 10.0 Å².